The highest BCUT2D eigenvalue weighted by molar-refractivity contribution is 7.19. The van der Waals surface area contributed by atoms with Crippen molar-refractivity contribution >= 4 is 39.1 Å². The highest BCUT2D eigenvalue weighted by atomic mass is 32.1. The first-order chi connectivity index (χ1) is 17.2. The number of fused-ring (bicyclic) bond motifs is 2. The molecule has 3 unspecified atom stereocenters. The average molecular weight is 510 g/mol. The first-order valence-corrected chi connectivity index (χ1v) is 12.9. The van der Waals surface area contributed by atoms with Crippen molar-refractivity contribution in [2.45, 2.75) is 40.0 Å². The minimum Gasteiger partial charge on any atom is -0.374 e. The number of amides is 2. The van der Waals surface area contributed by atoms with Gasteiger partial charge in [0, 0.05) is 35.8 Å². The molecule has 1 aliphatic carbocycles. The molecule has 36 heavy (non-hydrogen) atoms. The topological polar surface area (TPSA) is 120 Å². The van der Waals surface area contributed by atoms with Gasteiger partial charge in [-0.05, 0) is 24.5 Å². The van der Waals surface area contributed by atoms with E-state index in [1.54, 1.807) is 19.2 Å². The number of aromatic nitrogens is 2. The molecule has 0 spiro atoms. The van der Waals surface area contributed by atoms with Crippen LogP contribution in [0.15, 0.2) is 24.4 Å². The van der Waals surface area contributed by atoms with E-state index in [2.05, 4.69) is 10.3 Å². The van der Waals surface area contributed by atoms with Crippen LogP contribution in [0.3, 0.4) is 0 Å². The molecule has 2 aliphatic heterocycles. The Morgan fingerprint density at radius 3 is 2.69 bits per heavy atom. The third-order valence-electron chi connectivity index (χ3n) is 7.87. The Morgan fingerprint density at radius 1 is 1.28 bits per heavy atom. The average Bonchev–Trinajstić information content (AvgIpc) is 3.14. The molecule has 3 aromatic heterocycles. The standard InChI is InChI=1S/C25H27N5O5S/c1-13-18(30(33)34)9-19(28(13)11-14-10-26-6-7-35-14)16-4-5-27-17-8-15(36-22(16)17)12-29-23(31)20-21(24(29)32)25(20,2)3/h4-5,8-9,14,20-21,26H,6-7,10-12H2,1-3H3. The summed E-state index contributed by atoms with van der Waals surface area (Å²) in [6.07, 6.45) is 1.59. The number of hydrogen-bond acceptors (Lipinski definition) is 8. The van der Waals surface area contributed by atoms with Gasteiger partial charge in [-0.2, -0.15) is 0 Å². The zero-order chi connectivity index (χ0) is 25.4. The Hall–Kier alpha value is -3.15. The highest BCUT2D eigenvalue weighted by Gasteiger charge is 2.72. The molecule has 188 valence electrons. The molecule has 10 nitrogen and oxygen atoms in total. The number of thiophene rings is 1. The molecule has 1 N–H and O–H groups in total. The summed E-state index contributed by atoms with van der Waals surface area (Å²) in [6, 6.07) is 5.38. The van der Waals surface area contributed by atoms with Gasteiger partial charge >= 0.3 is 0 Å². The fourth-order valence-corrected chi connectivity index (χ4v) is 6.92. The second-order valence-electron chi connectivity index (χ2n) is 10.4. The maximum atomic E-state index is 12.8. The molecular weight excluding hydrogens is 482 g/mol. The zero-order valence-electron chi connectivity index (χ0n) is 20.3. The van der Waals surface area contributed by atoms with Gasteiger partial charge in [0.2, 0.25) is 11.8 Å². The summed E-state index contributed by atoms with van der Waals surface area (Å²) in [5, 5.41) is 15.1. The van der Waals surface area contributed by atoms with Gasteiger partial charge in [0.05, 0.1) is 64.2 Å². The molecule has 0 aromatic carbocycles. The van der Waals surface area contributed by atoms with E-state index in [1.807, 2.05) is 30.5 Å². The Balaban J connectivity index is 1.36. The maximum Gasteiger partial charge on any atom is 0.290 e. The number of rotatable bonds is 6. The summed E-state index contributed by atoms with van der Waals surface area (Å²) in [4.78, 5) is 43.8. The minimum absolute atomic E-state index is 0.0608. The minimum atomic E-state index is -0.356. The van der Waals surface area contributed by atoms with Crippen molar-refractivity contribution < 1.29 is 19.2 Å². The molecule has 1 saturated carbocycles. The van der Waals surface area contributed by atoms with Gasteiger partial charge in [-0.1, -0.05) is 13.8 Å². The fourth-order valence-electron chi connectivity index (χ4n) is 5.80. The Morgan fingerprint density at radius 2 is 2.03 bits per heavy atom. The number of morpholine rings is 1. The lowest BCUT2D eigenvalue weighted by Gasteiger charge is -2.25. The van der Waals surface area contributed by atoms with Gasteiger partial charge < -0.3 is 14.6 Å². The second-order valence-corrected chi connectivity index (χ2v) is 11.5. The molecular formula is C25H27N5O5S. The lowest BCUT2D eigenvalue weighted by molar-refractivity contribution is -0.385. The van der Waals surface area contributed by atoms with E-state index in [1.165, 1.54) is 16.2 Å². The van der Waals surface area contributed by atoms with Gasteiger partial charge in [-0.15, -0.1) is 11.3 Å². The summed E-state index contributed by atoms with van der Waals surface area (Å²) in [5.41, 5.74) is 2.69. The number of imide groups is 1. The summed E-state index contributed by atoms with van der Waals surface area (Å²) in [6.45, 7) is 8.47. The summed E-state index contributed by atoms with van der Waals surface area (Å²) in [7, 11) is 0. The SMILES string of the molecule is Cc1c([N+](=O)[O-])cc(-c2ccnc3cc(CN4C(=O)C5C(C4=O)C5(C)C)sc23)n1CC1CNCCO1. The van der Waals surface area contributed by atoms with E-state index in [0.717, 1.165) is 32.9 Å². The molecule has 0 bridgehead atoms. The van der Waals surface area contributed by atoms with Crippen molar-refractivity contribution in [2.24, 2.45) is 17.3 Å². The zero-order valence-corrected chi connectivity index (χ0v) is 21.1. The van der Waals surface area contributed by atoms with Crippen LogP contribution in [0.2, 0.25) is 0 Å². The summed E-state index contributed by atoms with van der Waals surface area (Å²) >= 11 is 1.47. The first kappa shape index (κ1) is 23.3. The predicted molar refractivity (Wildman–Crippen MR) is 133 cm³/mol. The van der Waals surface area contributed by atoms with Crippen LogP contribution >= 0.6 is 11.3 Å². The maximum absolute atomic E-state index is 12.8. The van der Waals surface area contributed by atoms with Gasteiger partial charge in [0.1, 0.15) is 0 Å². The smallest absolute Gasteiger partial charge is 0.290 e. The molecule has 3 atom stereocenters. The lowest BCUT2D eigenvalue weighted by Crippen LogP contribution is -2.41. The van der Waals surface area contributed by atoms with E-state index in [9.17, 15) is 19.7 Å². The lowest BCUT2D eigenvalue weighted by atomic mass is 10.1. The summed E-state index contributed by atoms with van der Waals surface area (Å²) < 4.78 is 8.70. The van der Waals surface area contributed by atoms with E-state index in [-0.39, 0.29) is 52.3 Å². The van der Waals surface area contributed by atoms with Crippen LogP contribution in [-0.4, -0.2) is 57.0 Å². The number of carbonyl (C=O) groups excluding carboxylic acids is 2. The first-order valence-electron chi connectivity index (χ1n) is 12.1. The predicted octanol–water partition coefficient (Wildman–Crippen LogP) is 3.11. The van der Waals surface area contributed by atoms with Crippen LogP contribution in [0, 0.1) is 34.3 Å². The number of carbonyl (C=O) groups is 2. The van der Waals surface area contributed by atoms with Crippen molar-refractivity contribution in [3.05, 3.63) is 45.1 Å². The molecule has 3 fully saturated rings. The largest absolute Gasteiger partial charge is 0.374 e. The van der Waals surface area contributed by atoms with Crippen LogP contribution in [0.25, 0.3) is 21.5 Å². The Kier molecular flexibility index (Phi) is 5.29. The number of nitrogens with zero attached hydrogens (tertiary/aromatic N) is 4. The Bertz CT molecular complexity index is 1400. The van der Waals surface area contributed by atoms with Crippen molar-refractivity contribution in [3.8, 4) is 11.3 Å². The summed E-state index contributed by atoms with van der Waals surface area (Å²) in [5.74, 6) is -0.614. The molecule has 2 saturated heterocycles. The second kappa shape index (κ2) is 8.19. The third-order valence-corrected chi connectivity index (χ3v) is 9.01. The molecule has 2 amide bonds. The van der Waals surface area contributed by atoms with Crippen molar-refractivity contribution in [1.82, 2.24) is 19.8 Å². The van der Waals surface area contributed by atoms with Crippen molar-refractivity contribution in [2.75, 3.05) is 19.7 Å². The van der Waals surface area contributed by atoms with Crippen LogP contribution in [-0.2, 0) is 27.4 Å². The van der Waals surface area contributed by atoms with Crippen LogP contribution in [0.4, 0.5) is 5.69 Å². The number of hydrogen-bond donors (Lipinski definition) is 1. The monoisotopic (exact) mass is 509 g/mol. The Labute approximate surface area is 211 Å². The number of nitrogens with one attached hydrogen (secondary N) is 1. The van der Waals surface area contributed by atoms with E-state index in [4.69, 9.17) is 4.74 Å². The van der Waals surface area contributed by atoms with Crippen LogP contribution < -0.4 is 5.32 Å². The van der Waals surface area contributed by atoms with Gasteiger partial charge in [-0.3, -0.25) is 29.6 Å². The van der Waals surface area contributed by atoms with Gasteiger partial charge in [-0.25, -0.2) is 0 Å². The number of pyridine rings is 1. The normalized spacial score (nSPS) is 25.0. The number of likely N-dealkylation sites (tertiary alicyclic amines) is 1. The van der Waals surface area contributed by atoms with Crippen molar-refractivity contribution in [3.63, 3.8) is 0 Å². The molecule has 3 aliphatic rings. The van der Waals surface area contributed by atoms with E-state index in [0.29, 0.717) is 25.4 Å². The molecule has 11 heteroatoms. The number of nitro groups is 1. The molecule has 3 aromatic rings. The fraction of sp³-hybridized carbons (Fsp3) is 0.480. The van der Waals surface area contributed by atoms with Gasteiger partial charge in [0.15, 0.2) is 0 Å². The third kappa shape index (κ3) is 3.48. The van der Waals surface area contributed by atoms with E-state index < -0.39 is 0 Å². The molecule has 0 radical (unpaired) electrons. The van der Waals surface area contributed by atoms with Gasteiger partial charge in [0.25, 0.3) is 5.69 Å². The highest BCUT2D eigenvalue weighted by Crippen LogP contribution is 2.63. The number of piperidine rings is 1. The molecule has 6 rings (SSSR count). The van der Waals surface area contributed by atoms with Crippen LogP contribution in [0.1, 0.15) is 24.4 Å². The van der Waals surface area contributed by atoms with Crippen molar-refractivity contribution in [1.29, 1.82) is 0 Å². The quantitative estimate of drug-likeness (QED) is 0.308. The van der Waals surface area contributed by atoms with E-state index >= 15 is 0 Å². The number of ether oxygens (including phenoxy) is 1. The van der Waals surface area contributed by atoms with Crippen LogP contribution in [0.5, 0.6) is 0 Å². The molecule has 5 heterocycles.